The molecule has 21 heavy (non-hydrogen) atoms. The first-order valence-corrected chi connectivity index (χ1v) is 7.89. The van der Waals surface area contributed by atoms with Crippen molar-refractivity contribution in [2.45, 2.75) is 31.7 Å². The Morgan fingerprint density at radius 1 is 1.33 bits per heavy atom. The molecule has 0 spiro atoms. The van der Waals surface area contributed by atoms with Gasteiger partial charge in [-0.3, -0.25) is 4.79 Å². The molecule has 1 atom stereocenters. The van der Waals surface area contributed by atoms with Crippen LogP contribution in [0.15, 0.2) is 18.2 Å². The Kier molecular flexibility index (Phi) is 4.83. The summed E-state index contributed by atoms with van der Waals surface area (Å²) in [5.74, 6) is 0.462. The van der Waals surface area contributed by atoms with E-state index in [0.29, 0.717) is 17.7 Å². The monoisotopic (exact) mass is 289 g/mol. The van der Waals surface area contributed by atoms with Crippen LogP contribution in [0, 0.1) is 5.92 Å². The molecule has 2 fully saturated rings. The highest BCUT2D eigenvalue weighted by molar-refractivity contribution is 5.92. The highest BCUT2D eigenvalue weighted by Gasteiger charge is 2.19. The molecule has 2 N–H and O–H groups in total. The third kappa shape index (κ3) is 3.80. The minimum atomic E-state index is -0.0682. The lowest BCUT2D eigenvalue weighted by Crippen LogP contribution is -2.32. The van der Waals surface area contributed by atoms with Gasteiger partial charge in [0.2, 0.25) is 0 Å². The zero-order valence-electron chi connectivity index (χ0n) is 12.3. The number of rotatable bonds is 4. The van der Waals surface area contributed by atoms with Crippen molar-refractivity contribution in [1.82, 2.24) is 15.6 Å². The van der Waals surface area contributed by atoms with E-state index in [-0.39, 0.29) is 5.91 Å². The summed E-state index contributed by atoms with van der Waals surface area (Å²) in [5.41, 5.74) is 1.50. The van der Waals surface area contributed by atoms with Gasteiger partial charge in [-0.2, -0.15) is 0 Å². The molecular formula is C16H23N3O2. The number of carbonyl (C=O) groups is 1. The fourth-order valence-corrected chi connectivity index (χ4v) is 2.99. The van der Waals surface area contributed by atoms with E-state index < -0.39 is 0 Å². The molecule has 2 saturated heterocycles. The highest BCUT2D eigenvalue weighted by atomic mass is 16.5. The Hall–Kier alpha value is -1.46. The molecule has 114 valence electrons. The van der Waals surface area contributed by atoms with Gasteiger partial charge in [-0.1, -0.05) is 6.07 Å². The Balaban J connectivity index is 1.57. The maximum Gasteiger partial charge on any atom is 0.269 e. The van der Waals surface area contributed by atoms with Crippen molar-refractivity contribution in [2.75, 3.05) is 26.3 Å². The van der Waals surface area contributed by atoms with Crippen LogP contribution in [0.2, 0.25) is 0 Å². The van der Waals surface area contributed by atoms with E-state index in [9.17, 15) is 4.79 Å². The number of pyridine rings is 1. The number of nitrogens with one attached hydrogen (secondary N) is 2. The second-order valence-corrected chi connectivity index (χ2v) is 5.86. The van der Waals surface area contributed by atoms with Crippen LogP contribution in [0.1, 0.15) is 47.9 Å². The number of carbonyl (C=O) groups excluding carboxylic acids is 1. The van der Waals surface area contributed by atoms with Gasteiger partial charge in [0.15, 0.2) is 0 Å². The maximum atomic E-state index is 12.2. The van der Waals surface area contributed by atoms with E-state index in [2.05, 4.69) is 15.6 Å². The Morgan fingerprint density at radius 3 is 2.95 bits per heavy atom. The van der Waals surface area contributed by atoms with Crippen LogP contribution in [0.3, 0.4) is 0 Å². The zero-order valence-corrected chi connectivity index (χ0v) is 12.3. The maximum absolute atomic E-state index is 12.2. The van der Waals surface area contributed by atoms with Crippen LogP contribution >= 0.6 is 0 Å². The summed E-state index contributed by atoms with van der Waals surface area (Å²) in [7, 11) is 0. The van der Waals surface area contributed by atoms with Crippen LogP contribution in [0.4, 0.5) is 0 Å². The molecule has 1 amide bonds. The summed E-state index contributed by atoms with van der Waals surface area (Å²) in [4.78, 5) is 16.7. The second-order valence-electron chi connectivity index (χ2n) is 5.86. The standard InChI is InChI=1S/C16H23N3O2/c20-16(18-11-12-6-9-21-10-7-12)15-4-1-3-14(19-15)13-5-2-8-17-13/h1,3-4,12-13,17H,2,5-11H2,(H,18,20). The number of nitrogens with zero attached hydrogens (tertiary/aromatic N) is 1. The van der Waals surface area contributed by atoms with Crippen molar-refractivity contribution in [3.63, 3.8) is 0 Å². The van der Waals surface area contributed by atoms with Gasteiger partial charge in [-0.25, -0.2) is 4.98 Å². The molecule has 3 heterocycles. The van der Waals surface area contributed by atoms with Crippen molar-refractivity contribution >= 4 is 5.91 Å². The fraction of sp³-hybridized carbons (Fsp3) is 0.625. The molecule has 0 aliphatic carbocycles. The average Bonchev–Trinajstić information content (AvgIpc) is 3.08. The summed E-state index contributed by atoms with van der Waals surface area (Å²) >= 11 is 0. The Morgan fingerprint density at radius 2 is 2.19 bits per heavy atom. The lowest BCUT2D eigenvalue weighted by atomic mass is 10.0. The predicted molar refractivity (Wildman–Crippen MR) is 80.1 cm³/mol. The predicted octanol–water partition coefficient (Wildman–Crippen LogP) is 1.66. The van der Waals surface area contributed by atoms with Crippen LogP contribution in [0.25, 0.3) is 0 Å². The normalized spacial score (nSPS) is 23.1. The van der Waals surface area contributed by atoms with Crippen molar-refractivity contribution in [1.29, 1.82) is 0 Å². The van der Waals surface area contributed by atoms with Crippen LogP contribution in [-0.4, -0.2) is 37.2 Å². The van der Waals surface area contributed by atoms with E-state index >= 15 is 0 Å². The fourth-order valence-electron chi connectivity index (χ4n) is 2.99. The van der Waals surface area contributed by atoms with E-state index in [0.717, 1.165) is 51.3 Å². The zero-order chi connectivity index (χ0) is 14.5. The van der Waals surface area contributed by atoms with Gasteiger partial charge in [0.25, 0.3) is 5.91 Å². The summed E-state index contributed by atoms with van der Waals surface area (Å²) < 4.78 is 5.33. The molecule has 0 radical (unpaired) electrons. The first kappa shape index (κ1) is 14.5. The van der Waals surface area contributed by atoms with Crippen LogP contribution in [0.5, 0.6) is 0 Å². The smallest absolute Gasteiger partial charge is 0.269 e. The number of ether oxygens (including phenoxy) is 1. The lowest BCUT2D eigenvalue weighted by Gasteiger charge is -2.22. The first-order valence-electron chi connectivity index (χ1n) is 7.89. The third-order valence-electron chi connectivity index (χ3n) is 4.31. The van der Waals surface area contributed by atoms with Gasteiger partial charge in [0.1, 0.15) is 5.69 Å². The van der Waals surface area contributed by atoms with Gasteiger partial charge in [-0.05, 0) is 50.3 Å². The first-order chi connectivity index (χ1) is 10.3. The quantitative estimate of drug-likeness (QED) is 0.885. The molecule has 0 bridgehead atoms. The number of amides is 1. The van der Waals surface area contributed by atoms with Crippen LogP contribution < -0.4 is 10.6 Å². The molecule has 3 rings (SSSR count). The summed E-state index contributed by atoms with van der Waals surface area (Å²) in [6.07, 6.45) is 4.33. The molecule has 2 aliphatic heterocycles. The molecule has 1 aromatic rings. The van der Waals surface area contributed by atoms with Gasteiger partial charge >= 0.3 is 0 Å². The molecule has 5 heteroatoms. The minimum absolute atomic E-state index is 0.0682. The van der Waals surface area contributed by atoms with Crippen molar-refractivity contribution in [2.24, 2.45) is 5.92 Å². The number of hydrogen-bond acceptors (Lipinski definition) is 4. The lowest BCUT2D eigenvalue weighted by molar-refractivity contribution is 0.0642. The highest BCUT2D eigenvalue weighted by Crippen LogP contribution is 2.21. The summed E-state index contributed by atoms with van der Waals surface area (Å²) in [6, 6.07) is 6.01. The SMILES string of the molecule is O=C(NCC1CCOCC1)c1cccc(C2CCCN2)n1. The number of hydrogen-bond donors (Lipinski definition) is 2. The molecule has 1 unspecified atom stereocenters. The molecule has 0 saturated carbocycles. The molecule has 1 aromatic heterocycles. The summed E-state index contributed by atoms with van der Waals surface area (Å²) in [6.45, 7) is 3.37. The van der Waals surface area contributed by atoms with Crippen molar-refractivity contribution in [3.05, 3.63) is 29.6 Å². The molecule has 0 aromatic carbocycles. The summed E-state index contributed by atoms with van der Waals surface area (Å²) in [5, 5.41) is 6.42. The Labute approximate surface area is 125 Å². The average molecular weight is 289 g/mol. The topological polar surface area (TPSA) is 63.2 Å². The van der Waals surface area contributed by atoms with Gasteiger partial charge in [0, 0.05) is 25.8 Å². The van der Waals surface area contributed by atoms with E-state index in [4.69, 9.17) is 4.74 Å². The number of aromatic nitrogens is 1. The Bertz CT molecular complexity index is 480. The minimum Gasteiger partial charge on any atom is -0.381 e. The van der Waals surface area contributed by atoms with E-state index in [1.807, 2.05) is 12.1 Å². The van der Waals surface area contributed by atoms with E-state index in [1.54, 1.807) is 6.07 Å². The second kappa shape index (κ2) is 7.00. The van der Waals surface area contributed by atoms with Gasteiger partial charge in [-0.15, -0.1) is 0 Å². The van der Waals surface area contributed by atoms with Gasteiger partial charge < -0.3 is 15.4 Å². The molecule has 5 nitrogen and oxygen atoms in total. The van der Waals surface area contributed by atoms with Crippen LogP contribution in [-0.2, 0) is 4.74 Å². The third-order valence-corrected chi connectivity index (χ3v) is 4.31. The largest absolute Gasteiger partial charge is 0.381 e. The van der Waals surface area contributed by atoms with E-state index in [1.165, 1.54) is 6.42 Å². The van der Waals surface area contributed by atoms with Crippen molar-refractivity contribution < 1.29 is 9.53 Å². The van der Waals surface area contributed by atoms with Gasteiger partial charge in [0.05, 0.1) is 5.69 Å². The van der Waals surface area contributed by atoms with Crippen molar-refractivity contribution in [3.8, 4) is 0 Å². The molecule has 2 aliphatic rings. The molecular weight excluding hydrogens is 266 g/mol.